The third kappa shape index (κ3) is 4.08. The fourth-order valence-electron chi connectivity index (χ4n) is 4.77. The first-order chi connectivity index (χ1) is 15.8. The van der Waals surface area contributed by atoms with Crippen LogP contribution in [0.15, 0.2) is 52.2 Å². The minimum absolute atomic E-state index is 0.0676. The summed E-state index contributed by atoms with van der Waals surface area (Å²) in [4.78, 5) is 15.7. The molecule has 2 heterocycles. The fraction of sp³-hybridized carbons (Fsp3) is 0.348. The molecule has 10 heteroatoms. The molecule has 5 rings (SSSR count). The molecule has 0 saturated carbocycles. The highest BCUT2D eigenvalue weighted by Gasteiger charge is 2.33. The molecule has 174 valence electrons. The average molecular weight is 476 g/mol. The minimum atomic E-state index is -3.65. The Hall–Kier alpha value is -2.98. The molecule has 1 aliphatic carbocycles. The van der Waals surface area contributed by atoms with Gasteiger partial charge in [0.25, 0.3) is 0 Å². The number of hydrogen-bond acceptors (Lipinski definition) is 4. The molecule has 33 heavy (non-hydrogen) atoms. The number of ether oxygens (including phenoxy) is 1. The molecule has 0 amide bonds. The highest BCUT2D eigenvalue weighted by atomic mass is 32.2. The SMILES string of the molecule is O=c1[nH]c2ccccc2n1C1CCN(S(=O)(=O)C2=Cc3ccc(OC(F)F)cc3CC2)CC1. The Bertz CT molecular complexity index is 1390. The largest absolute Gasteiger partial charge is 0.435 e. The van der Waals surface area contributed by atoms with Crippen molar-refractivity contribution in [1.82, 2.24) is 13.9 Å². The first kappa shape index (κ1) is 21.8. The van der Waals surface area contributed by atoms with E-state index in [1.54, 1.807) is 16.7 Å². The molecule has 2 aliphatic rings. The van der Waals surface area contributed by atoms with Crippen LogP contribution in [0.5, 0.6) is 5.75 Å². The number of aromatic amines is 1. The number of hydrogen-bond donors (Lipinski definition) is 1. The highest BCUT2D eigenvalue weighted by Crippen LogP contribution is 2.34. The number of aryl methyl sites for hydroxylation is 1. The first-order valence-corrected chi connectivity index (χ1v) is 12.2. The van der Waals surface area contributed by atoms with Gasteiger partial charge in [-0.1, -0.05) is 18.2 Å². The van der Waals surface area contributed by atoms with Gasteiger partial charge >= 0.3 is 12.3 Å². The van der Waals surface area contributed by atoms with Crippen molar-refractivity contribution in [2.45, 2.75) is 38.3 Å². The minimum Gasteiger partial charge on any atom is -0.435 e. The number of halogens is 2. The lowest BCUT2D eigenvalue weighted by Gasteiger charge is -2.33. The predicted octanol–water partition coefficient (Wildman–Crippen LogP) is 3.89. The lowest BCUT2D eigenvalue weighted by atomic mass is 9.97. The van der Waals surface area contributed by atoms with Gasteiger partial charge in [-0.25, -0.2) is 13.2 Å². The number of piperidine rings is 1. The number of allylic oxidation sites excluding steroid dienone is 1. The topological polar surface area (TPSA) is 84.4 Å². The normalized spacial score (nSPS) is 17.8. The number of H-pyrrole nitrogens is 1. The van der Waals surface area contributed by atoms with E-state index in [0.717, 1.165) is 16.6 Å². The quantitative estimate of drug-likeness (QED) is 0.607. The Balaban J connectivity index is 1.33. The van der Waals surface area contributed by atoms with Crippen LogP contribution in [0.25, 0.3) is 17.1 Å². The van der Waals surface area contributed by atoms with Gasteiger partial charge in [-0.05, 0) is 67.2 Å². The second-order valence-corrected chi connectivity index (χ2v) is 10.3. The fourth-order valence-corrected chi connectivity index (χ4v) is 6.42. The van der Waals surface area contributed by atoms with Crippen LogP contribution in [0, 0.1) is 0 Å². The monoisotopic (exact) mass is 475 g/mol. The Morgan fingerprint density at radius 3 is 2.58 bits per heavy atom. The number of alkyl halides is 2. The molecular weight excluding hydrogens is 452 g/mol. The van der Waals surface area contributed by atoms with Gasteiger partial charge in [0.2, 0.25) is 10.0 Å². The summed E-state index contributed by atoms with van der Waals surface area (Å²) in [6, 6.07) is 12.0. The lowest BCUT2D eigenvalue weighted by molar-refractivity contribution is -0.0498. The van der Waals surface area contributed by atoms with Crippen molar-refractivity contribution < 1.29 is 21.9 Å². The standard InChI is InChI=1S/C23H23F2N3O4S/c24-22(25)32-18-7-5-16-14-19(8-6-15(16)13-18)33(30,31)27-11-9-17(10-12-27)28-21-4-2-1-3-20(21)26-23(28)29/h1-5,7,13-14,17,22H,6,8-12H2,(H,26,29). The van der Waals surface area contributed by atoms with Crippen molar-refractivity contribution >= 4 is 27.1 Å². The van der Waals surface area contributed by atoms with Gasteiger partial charge in [0, 0.05) is 19.1 Å². The summed E-state index contributed by atoms with van der Waals surface area (Å²) in [5, 5.41) is 0. The second-order valence-electron chi connectivity index (χ2n) is 8.30. The molecule has 1 N–H and O–H groups in total. The molecular formula is C23H23F2N3O4S. The molecule has 1 aliphatic heterocycles. The Kier molecular flexibility index (Phi) is 5.57. The third-order valence-electron chi connectivity index (χ3n) is 6.38. The number of nitrogens with zero attached hydrogens (tertiary/aromatic N) is 2. The molecule has 1 fully saturated rings. The summed E-state index contributed by atoms with van der Waals surface area (Å²) in [6.07, 6.45) is 3.44. The maximum Gasteiger partial charge on any atom is 0.387 e. The zero-order chi connectivity index (χ0) is 23.2. The number of para-hydroxylation sites is 2. The van der Waals surface area contributed by atoms with Gasteiger partial charge in [0.1, 0.15) is 5.75 Å². The second kappa shape index (κ2) is 8.42. The van der Waals surface area contributed by atoms with Gasteiger partial charge < -0.3 is 9.72 Å². The van der Waals surface area contributed by atoms with E-state index in [4.69, 9.17) is 0 Å². The van der Waals surface area contributed by atoms with E-state index in [1.165, 1.54) is 16.4 Å². The number of sulfonamides is 1. The molecule has 1 aromatic heterocycles. The van der Waals surface area contributed by atoms with Crippen LogP contribution >= 0.6 is 0 Å². The first-order valence-electron chi connectivity index (χ1n) is 10.8. The number of aromatic nitrogens is 2. The van der Waals surface area contributed by atoms with Crippen LogP contribution in [-0.2, 0) is 16.4 Å². The molecule has 0 spiro atoms. The van der Waals surface area contributed by atoms with Crippen molar-refractivity contribution in [3.8, 4) is 5.75 Å². The van der Waals surface area contributed by atoms with Crippen LogP contribution < -0.4 is 10.4 Å². The lowest BCUT2D eigenvalue weighted by Crippen LogP contribution is -2.41. The highest BCUT2D eigenvalue weighted by molar-refractivity contribution is 7.93. The van der Waals surface area contributed by atoms with Gasteiger partial charge in [-0.2, -0.15) is 13.1 Å². The summed E-state index contributed by atoms with van der Waals surface area (Å²) < 4.78 is 59.1. The zero-order valence-corrected chi connectivity index (χ0v) is 18.5. The molecule has 0 bridgehead atoms. The van der Waals surface area contributed by atoms with E-state index in [1.807, 2.05) is 24.3 Å². The van der Waals surface area contributed by atoms with Gasteiger partial charge in [0.05, 0.1) is 15.9 Å². The smallest absolute Gasteiger partial charge is 0.387 e. The maximum atomic E-state index is 13.3. The summed E-state index contributed by atoms with van der Waals surface area (Å²) in [7, 11) is -3.65. The zero-order valence-electron chi connectivity index (χ0n) is 17.7. The van der Waals surface area contributed by atoms with Crippen LogP contribution in [0.4, 0.5) is 8.78 Å². The van der Waals surface area contributed by atoms with Gasteiger partial charge in [-0.3, -0.25) is 4.57 Å². The van der Waals surface area contributed by atoms with E-state index in [9.17, 15) is 22.0 Å². The molecule has 2 aromatic carbocycles. The van der Waals surface area contributed by atoms with E-state index < -0.39 is 16.6 Å². The van der Waals surface area contributed by atoms with E-state index >= 15 is 0 Å². The van der Waals surface area contributed by atoms with Crippen LogP contribution in [0.2, 0.25) is 0 Å². The molecule has 0 atom stereocenters. The molecule has 0 radical (unpaired) electrons. The Morgan fingerprint density at radius 2 is 1.82 bits per heavy atom. The van der Waals surface area contributed by atoms with Crippen LogP contribution in [0.1, 0.15) is 36.4 Å². The molecule has 7 nitrogen and oxygen atoms in total. The van der Waals surface area contributed by atoms with Gasteiger partial charge in [-0.15, -0.1) is 0 Å². The number of benzene rings is 2. The molecule has 0 unspecified atom stereocenters. The van der Waals surface area contributed by atoms with E-state index in [-0.39, 0.29) is 17.5 Å². The Morgan fingerprint density at radius 1 is 1.06 bits per heavy atom. The van der Waals surface area contributed by atoms with Crippen molar-refractivity contribution in [3.05, 3.63) is 69.0 Å². The number of imidazole rings is 1. The molecule has 3 aromatic rings. The van der Waals surface area contributed by atoms with Crippen molar-refractivity contribution in [2.75, 3.05) is 13.1 Å². The van der Waals surface area contributed by atoms with E-state index in [0.29, 0.717) is 49.2 Å². The summed E-state index contributed by atoms with van der Waals surface area (Å²) in [5.41, 5.74) is 2.89. The number of nitrogens with one attached hydrogen (secondary N) is 1. The predicted molar refractivity (Wildman–Crippen MR) is 121 cm³/mol. The average Bonchev–Trinajstić information content (AvgIpc) is 3.14. The van der Waals surface area contributed by atoms with Crippen LogP contribution in [0.3, 0.4) is 0 Å². The van der Waals surface area contributed by atoms with Crippen LogP contribution in [-0.4, -0.2) is 42.0 Å². The Labute approximate surface area is 189 Å². The molecule has 1 saturated heterocycles. The summed E-state index contributed by atoms with van der Waals surface area (Å²) >= 11 is 0. The van der Waals surface area contributed by atoms with Crippen molar-refractivity contribution in [1.29, 1.82) is 0 Å². The van der Waals surface area contributed by atoms with Crippen molar-refractivity contribution in [2.24, 2.45) is 0 Å². The number of fused-ring (bicyclic) bond motifs is 2. The maximum absolute atomic E-state index is 13.3. The summed E-state index contributed by atoms with van der Waals surface area (Å²) in [5.74, 6) is 0.0676. The van der Waals surface area contributed by atoms with E-state index in [2.05, 4.69) is 9.72 Å². The number of rotatable bonds is 5. The summed E-state index contributed by atoms with van der Waals surface area (Å²) in [6.45, 7) is -2.25. The third-order valence-corrected chi connectivity index (χ3v) is 8.41. The van der Waals surface area contributed by atoms with Crippen molar-refractivity contribution in [3.63, 3.8) is 0 Å². The van der Waals surface area contributed by atoms with Gasteiger partial charge in [0.15, 0.2) is 0 Å².